The molecule has 28 heavy (non-hydrogen) atoms. The minimum Gasteiger partial charge on any atom is -0.478 e. The summed E-state index contributed by atoms with van der Waals surface area (Å²) in [6.07, 6.45) is 2.88. The number of ketones is 1. The summed E-state index contributed by atoms with van der Waals surface area (Å²) in [5, 5.41) is 10.4. The summed E-state index contributed by atoms with van der Waals surface area (Å²) in [6, 6.07) is 12.0. The minimum absolute atomic E-state index is 0.0599. The van der Waals surface area contributed by atoms with Gasteiger partial charge in [0.2, 0.25) is 5.91 Å². The van der Waals surface area contributed by atoms with Crippen molar-refractivity contribution in [3.8, 4) is 0 Å². The molecule has 1 heterocycles. The lowest BCUT2D eigenvalue weighted by Gasteiger charge is -2.13. The van der Waals surface area contributed by atoms with Crippen LogP contribution in [0, 0.1) is 0 Å². The number of hydrogen-bond acceptors (Lipinski definition) is 3. The summed E-state index contributed by atoms with van der Waals surface area (Å²) >= 11 is 0. The van der Waals surface area contributed by atoms with Gasteiger partial charge in [-0.3, -0.25) is 9.59 Å². The molecule has 0 bridgehead atoms. The fourth-order valence-electron chi connectivity index (χ4n) is 4.09. The van der Waals surface area contributed by atoms with Crippen LogP contribution in [0.2, 0.25) is 0 Å². The molecular formula is C22H20N2O4. The van der Waals surface area contributed by atoms with E-state index in [0.29, 0.717) is 41.4 Å². The number of carboxylic acid groups (broad SMARTS) is 1. The van der Waals surface area contributed by atoms with Crippen molar-refractivity contribution in [2.75, 3.05) is 0 Å². The van der Waals surface area contributed by atoms with Crippen LogP contribution in [0.4, 0.5) is 0 Å². The molecule has 1 aliphatic carbocycles. The molecule has 0 unspecified atom stereocenters. The Labute approximate surface area is 161 Å². The van der Waals surface area contributed by atoms with E-state index in [2.05, 4.69) is 0 Å². The van der Waals surface area contributed by atoms with Gasteiger partial charge in [-0.2, -0.15) is 0 Å². The molecule has 1 amide bonds. The molecule has 2 aromatic carbocycles. The average molecular weight is 376 g/mol. The van der Waals surface area contributed by atoms with Crippen molar-refractivity contribution in [2.45, 2.75) is 32.2 Å². The molecule has 0 fully saturated rings. The van der Waals surface area contributed by atoms with Gasteiger partial charge in [0.25, 0.3) is 0 Å². The maximum Gasteiger partial charge on any atom is 0.337 e. The van der Waals surface area contributed by atoms with Gasteiger partial charge in [0.05, 0.1) is 11.1 Å². The summed E-state index contributed by atoms with van der Waals surface area (Å²) < 4.78 is 1.93. The predicted molar refractivity (Wildman–Crippen MR) is 105 cm³/mol. The SMILES string of the molecule is NC(=O)c1cccc(Cn2c3c(c4cccc(C(=O)O)c42)C(=O)CCCC3)c1. The number of hydrogen-bond donors (Lipinski definition) is 2. The highest BCUT2D eigenvalue weighted by molar-refractivity contribution is 6.14. The standard InChI is InChI=1S/C22H20N2O4/c23-21(26)14-6-3-5-13(11-14)12-24-17-9-1-2-10-18(25)19(17)15-7-4-8-16(20(15)24)22(27)28/h3-8,11H,1-2,9-10,12H2,(H2,23,26)(H,27,28). The van der Waals surface area contributed by atoms with Gasteiger partial charge >= 0.3 is 5.97 Å². The van der Waals surface area contributed by atoms with Crippen molar-refractivity contribution < 1.29 is 19.5 Å². The van der Waals surface area contributed by atoms with Crippen LogP contribution in [0.1, 0.15) is 61.6 Å². The Bertz CT molecular complexity index is 1130. The number of carbonyl (C=O) groups is 3. The number of carboxylic acids is 1. The molecule has 4 rings (SSSR count). The van der Waals surface area contributed by atoms with E-state index in [1.165, 1.54) is 0 Å². The van der Waals surface area contributed by atoms with Gasteiger partial charge in [-0.25, -0.2) is 4.79 Å². The molecule has 142 valence electrons. The normalized spacial score (nSPS) is 13.9. The van der Waals surface area contributed by atoms with Gasteiger partial charge in [0.15, 0.2) is 5.78 Å². The second-order valence-corrected chi connectivity index (χ2v) is 7.11. The van der Waals surface area contributed by atoms with E-state index in [-0.39, 0.29) is 11.3 Å². The highest BCUT2D eigenvalue weighted by Crippen LogP contribution is 2.34. The molecular weight excluding hydrogens is 356 g/mol. The Morgan fingerprint density at radius 1 is 1.07 bits per heavy atom. The van der Waals surface area contributed by atoms with Crippen LogP contribution in [0.5, 0.6) is 0 Å². The zero-order valence-corrected chi connectivity index (χ0v) is 15.3. The first kappa shape index (κ1) is 18.0. The number of amides is 1. The van der Waals surface area contributed by atoms with Crippen molar-refractivity contribution in [2.24, 2.45) is 5.73 Å². The van der Waals surface area contributed by atoms with Crippen molar-refractivity contribution in [1.29, 1.82) is 0 Å². The van der Waals surface area contributed by atoms with Crippen LogP contribution in [0.25, 0.3) is 10.9 Å². The number of primary amides is 1. The molecule has 0 spiro atoms. The molecule has 0 saturated carbocycles. The van der Waals surface area contributed by atoms with E-state index in [1.54, 1.807) is 30.3 Å². The Hall–Kier alpha value is -3.41. The molecule has 3 aromatic rings. The van der Waals surface area contributed by atoms with Gasteiger partial charge in [-0.05, 0) is 43.0 Å². The van der Waals surface area contributed by atoms with Crippen LogP contribution in [-0.2, 0) is 13.0 Å². The number of fused-ring (bicyclic) bond motifs is 3. The number of nitrogens with zero attached hydrogens (tertiary/aromatic N) is 1. The number of Topliss-reactive ketones (excluding diaryl/α,β-unsaturated/α-hetero) is 1. The Morgan fingerprint density at radius 2 is 1.82 bits per heavy atom. The molecule has 3 N–H and O–H groups in total. The Balaban J connectivity index is 1.97. The van der Waals surface area contributed by atoms with Crippen LogP contribution >= 0.6 is 0 Å². The smallest absolute Gasteiger partial charge is 0.337 e. The Morgan fingerprint density at radius 3 is 2.57 bits per heavy atom. The average Bonchev–Trinajstić information content (AvgIpc) is 2.84. The lowest BCUT2D eigenvalue weighted by atomic mass is 10.0. The zero-order chi connectivity index (χ0) is 19.8. The largest absolute Gasteiger partial charge is 0.478 e. The summed E-state index contributed by atoms with van der Waals surface area (Å²) in [6.45, 7) is 0.366. The molecule has 6 nitrogen and oxygen atoms in total. The maximum absolute atomic E-state index is 12.8. The van der Waals surface area contributed by atoms with E-state index in [9.17, 15) is 19.5 Å². The van der Waals surface area contributed by atoms with Crippen molar-refractivity contribution in [3.63, 3.8) is 0 Å². The van der Waals surface area contributed by atoms with Crippen LogP contribution in [0.15, 0.2) is 42.5 Å². The Kier molecular flexibility index (Phi) is 4.47. The summed E-state index contributed by atoms with van der Waals surface area (Å²) in [5.74, 6) is -1.48. The van der Waals surface area contributed by atoms with Crippen molar-refractivity contribution >= 4 is 28.6 Å². The van der Waals surface area contributed by atoms with Gasteiger partial charge in [-0.15, -0.1) is 0 Å². The van der Waals surface area contributed by atoms with Crippen LogP contribution in [0.3, 0.4) is 0 Å². The maximum atomic E-state index is 12.8. The van der Waals surface area contributed by atoms with Crippen LogP contribution in [-0.4, -0.2) is 27.3 Å². The van der Waals surface area contributed by atoms with E-state index in [4.69, 9.17) is 5.73 Å². The topological polar surface area (TPSA) is 102 Å². The van der Waals surface area contributed by atoms with E-state index < -0.39 is 11.9 Å². The molecule has 0 atom stereocenters. The van der Waals surface area contributed by atoms with Gasteiger partial charge in [0, 0.05) is 35.2 Å². The first-order chi connectivity index (χ1) is 13.5. The second kappa shape index (κ2) is 6.96. The lowest BCUT2D eigenvalue weighted by Crippen LogP contribution is -2.12. The number of rotatable bonds is 4. The third kappa shape index (κ3) is 2.97. The first-order valence-corrected chi connectivity index (χ1v) is 9.26. The molecule has 1 aliphatic rings. The van der Waals surface area contributed by atoms with Gasteiger partial charge in [0.1, 0.15) is 0 Å². The summed E-state index contributed by atoms with van der Waals surface area (Å²) in [4.78, 5) is 36.2. The van der Waals surface area contributed by atoms with E-state index in [0.717, 1.165) is 24.1 Å². The van der Waals surface area contributed by atoms with Crippen LogP contribution < -0.4 is 5.73 Å². The van der Waals surface area contributed by atoms with Gasteiger partial charge in [-0.1, -0.05) is 24.3 Å². The van der Waals surface area contributed by atoms with E-state index in [1.807, 2.05) is 16.7 Å². The second-order valence-electron chi connectivity index (χ2n) is 7.11. The highest BCUT2D eigenvalue weighted by Gasteiger charge is 2.27. The van der Waals surface area contributed by atoms with E-state index >= 15 is 0 Å². The summed E-state index contributed by atoms with van der Waals surface area (Å²) in [7, 11) is 0. The van der Waals surface area contributed by atoms with Crippen molar-refractivity contribution in [3.05, 3.63) is 70.4 Å². The third-order valence-electron chi connectivity index (χ3n) is 5.32. The first-order valence-electron chi connectivity index (χ1n) is 9.26. The minimum atomic E-state index is -1.03. The number of para-hydroxylation sites is 1. The predicted octanol–water partition coefficient (Wildman–Crippen LogP) is 3.40. The fraction of sp³-hybridized carbons (Fsp3) is 0.227. The number of nitrogens with two attached hydrogens (primary N) is 1. The molecule has 6 heteroatoms. The highest BCUT2D eigenvalue weighted by atomic mass is 16.4. The number of benzene rings is 2. The molecule has 0 saturated heterocycles. The molecule has 0 aliphatic heterocycles. The molecule has 1 aromatic heterocycles. The fourth-order valence-corrected chi connectivity index (χ4v) is 4.09. The third-order valence-corrected chi connectivity index (χ3v) is 5.32. The lowest BCUT2D eigenvalue weighted by molar-refractivity contribution is 0.0698. The number of aromatic carboxylic acids is 1. The number of aromatic nitrogens is 1. The quantitative estimate of drug-likeness (QED) is 0.681. The monoisotopic (exact) mass is 376 g/mol. The number of carbonyl (C=O) groups excluding carboxylic acids is 2. The zero-order valence-electron chi connectivity index (χ0n) is 15.3. The molecule has 0 radical (unpaired) electrons. The summed E-state index contributed by atoms with van der Waals surface area (Å²) in [5.41, 5.74) is 8.85. The van der Waals surface area contributed by atoms with Gasteiger partial charge < -0.3 is 15.4 Å². The van der Waals surface area contributed by atoms with Crippen molar-refractivity contribution in [1.82, 2.24) is 4.57 Å².